The molecule has 2 rings (SSSR count). The Morgan fingerprint density at radius 3 is 2.79 bits per heavy atom. The Bertz CT molecular complexity index is 683. The molecule has 2 N–H and O–H groups in total. The SMILES string of the molecule is CCOc1cc(Cl)ccc1CNC(=NC)NC1CCS(=O)(=O)C1.I. The Balaban J connectivity index is 0.00000288. The minimum absolute atomic E-state index is 0. The lowest BCUT2D eigenvalue weighted by Crippen LogP contribution is -2.43. The van der Waals surface area contributed by atoms with Gasteiger partial charge in [-0.25, -0.2) is 8.42 Å². The molecule has 6 nitrogen and oxygen atoms in total. The summed E-state index contributed by atoms with van der Waals surface area (Å²) >= 11 is 5.99. The molecule has 24 heavy (non-hydrogen) atoms. The van der Waals surface area contributed by atoms with Crippen LogP contribution in [0.25, 0.3) is 0 Å². The fraction of sp³-hybridized carbons (Fsp3) is 0.533. The van der Waals surface area contributed by atoms with E-state index in [9.17, 15) is 8.42 Å². The highest BCUT2D eigenvalue weighted by Crippen LogP contribution is 2.23. The summed E-state index contributed by atoms with van der Waals surface area (Å²) in [4.78, 5) is 4.14. The number of nitrogens with one attached hydrogen (secondary N) is 2. The van der Waals surface area contributed by atoms with Crippen molar-refractivity contribution in [2.45, 2.75) is 25.9 Å². The van der Waals surface area contributed by atoms with Gasteiger partial charge in [-0.15, -0.1) is 24.0 Å². The first-order valence-corrected chi connectivity index (χ1v) is 9.72. The predicted octanol–water partition coefficient (Wildman–Crippen LogP) is 2.21. The number of ether oxygens (including phenoxy) is 1. The Hall–Kier alpha value is -0.740. The fourth-order valence-corrected chi connectivity index (χ4v) is 4.28. The summed E-state index contributed by atoms with van der Waals surface area (Å²) in [7, 11) is -1.26. The minimum atomic E-state index is -2.92. The van der Waals surface area contributed by atoms with Crippen molar-refractivity contribution in [3.05, 3.63) is 28.8 Å². The van der Waals surface area contributed by atoms with Crippen LogP contribution in [0.15, 0.2) is 23.2 Å². The average molecular weight is 488 g/mol. The van der Waals surface area contributed by atoms with E-state index in [-0.39, 0.29) is 41.5 Å². The van der Waals surface area contributed by atoms with Gasteiger partial charge in [0, 0.05) is 30.2 Å². The van der Waals surface area contributed by atoms with Crippen molar-refractivity contribution in [3.8, 4) is 5.75 Å². The molecule has 1 aliphatic rings. The van der Waals surface area contributed by atoms with Crippen LogP contribution in [0.4, 0.5) is 0 Å². The van der Waals surface area contributed by atoms with E-state index in [2.05, 4.69) is 15.6 Å². The Morgan fingerprint density at radius 1 is 1.46 bits per heavy atom. The molecule has 1 aromatic rings. The van der Waals surface area contributed by atoms with E-state index < -0.39 is 9.84 Å². The number of guanidine groups is 1. The van der Waals surface area contributed by atoms with E-state index in [0.29, 0.717) is 30.6 Å². The van der Waals surface area contributed by atoms with Crippen LogP contribution in [0.2, 0.25) is 5.02 Å². The van der Waals surface area contributed by atoms with E-state index in [0.717, 1.165) is 11.3 Å². The summed E-state index contributed by atoms with van der Waals surface area (Å²) < 4.78 is 28.6. The van der Waals surface area contributed by atoms with Crippen LogP contribution in [-0.2, 0) is 16.4 Å². The van der Waals surface area contributed by atoms with Crippen molar-refractivity contribution in [3.63, 3.8) is 0 Å². The van der Waals surface area contributed by atoms with Gasteiger partial charge in [-0.05, 0) is 25.5 Å². The summed E-state index contributed by atoms with van der Waals surface area (Å²) in [6.07, 6.45) is 0.605. The number of halogens is 2. The van der Waals surface area contributed by atoms with Crippen LogP contribution in [0.1, 0.15) is 18.9 Å². The molecule has 1 atom stereocenters. The van der Waals surface area contributed by atoms with Crippen LogP contribution < -0.4 is 15.4 Å². The van der Waals surface area contributed by atoms with E-state index in [1.165, 1.54) is 0 Å². The first-order valence-electron chi connectivity index (χ1n) is 7.52. The van der Waals surface area contributed by atoms with E-state index in [1.54, 1.807) is 19.2 Å². The quantitative estimate of drug-likeness (QED) is 0.378. The van der Waals surface area contributed by atoms with Gasteiger partial charge in [0.1, 0.15) is 5.75 Å². The lowest BCUT2D eigenvalue weighted by Gasteiger charge is -2.17. The third-order valence-corrected chi connectivity index (χ3v) is 5.58. The number of hydrogen-bond acceptors (Lipinski definition) is 4. The molecule has 1 fully saturated rings. The van der Waals surface area contributed by atoms with Crippen molar-refractivity contribution in [1.29, 1.82) is 0 Å². The topological polar surface area (TPSA) is 79.8 Å². The molecule has 136 valence electrons. The molecule has 1 heterocycles. The van der Waals surface area contributed by atoms with Crippen LogP contribution in [0.5, 0.6) is 5.75 Å². The highest BCUT2D eigenvalue weighted by Gasteiger charge is 2.28. The highest BCUT2D eigenvalue weighted by atomic mass is 127. The van der Waals surface area contributed by atoms with Gasteiger partial charge < -0.3 is 15.4 Å². The van der Waals surface area contributed by atoms with Gasteiger partial charge in [0.2, 0.25) is 0 Å². The van der Waals surface area contributed by atoms with Crippen molar-refractivity contribution in [2.75, 3.05) is 25.2 Å². The molecule has 0 saturated carbocycles. The van der Waals surface area contributed by atoms with Gasteiger partial charge in [-0.2, -0.15) is 0 Å². The molecule has 1 aromatic carbocycles. The van der Waals surface area contributed by atoms with Crippen molar-refractivity contribution in [1.82, 2.24) is 10.6 Å². The molecule has 0 amide bonds. The molecular formula is C15H23ClIN3O3S. The molecule has 0 aromatic heterocycles. The second kappa shape index (κ2) is 9.67. The zero-order valence-electron chi connectivity index (χ0n) is 13.7. The maximum absolute atomic E-state index is 11.5. The minimum Gasteiger partial charge on any atom is -0.493 e. The zero-order chi connectivity index (χ0) is 16.9. The van der Waals surface area contributed by atoms with Gasteiger partial charge in [0.25, 0.3) is 0 Å². The molecule has 1 aliphatic heterocycles. The first kappa shape index (κ1) is 21.3. The number of rotatable bonds is 5. The van der Waals surface area contributed by atoms with Crippen molar-refractivity contribution >= 4 is 51.4 Å². The molecule has 1 unspecified atom stereocenters. The van der Waals surface area contributed by atoms with Gasteiger partial charge >= 0.3 is 0 Å². The lowest BCUT2D eigenvalue weighted by molar-refractivity contribution is 0.336. The van der Waals surface area contributed by atoms with E-state index in [4.69, 9.17) is 16.3 Å². The Kier molecular flexibility index (Phi) is 8.58. The zero-order valence-corrected chi connectivity index (χ0v) is 17.6. The monoisotopic (exact) mass is 487 g/mol. The van der Waals surface area contributed by atoms with Crippen LogP contribution in [-0.4, -0.2) is 45.6 Å². The molecular weight excluding hydrogens is 465 g/mol. The summed E-state index contributed by atoms with van der Waals surface area (Å²) in [5.41, 5.74) is 0.957. The second-order valence-corrected chi connectivity index (χ2v) is 8.02. The number of sulfone groups is 1. The second-order valence-electron chi connectivity index (χ2n) is 5.36. The standard InChI is InChI=1S/C15H22ClN3O3S.HI/c1-3-22-14-8-12(16)5-4-11(14)9-18-15(17-2)19-13-6-7-23(20,21)10-13;/h4-5,8,13H,3,6-7,9-10H2,1-2H3,(H2,17,18,19);1H. The van der Waals surface area contributed by atoms with Crippen LogP contribution in [0.3, 0.4) is 0 Å². The molecule has 0 spiro atoms. The normalized spacial score (nSPS) is 19.5. The molecule has 1 saturated heterocycles. The fourth-order valence-electron chi connectivity index (χ4n) is 2.44. The third kappa shape index (κ3) is 6.29. The summed E-state index contributed by atoms with van der Waals surface area (Å²) in [5, 5.41) is 6.95. The van der Waals surface area contributed by atoms with Crippen molar-refractivity contribution < 1.29 is 13.2 Å². The Labute approximate surface area is 165 Å². The molecule has 0 aliphatic carbocycles. The van der Waals surface area contributed by atoms with Crippen LogP contribution in [0, 0.1) is 0 Å². The molecule has 9 heteroatoms. The number of aliphatic imine (C=N–C) groups is 1. The largest absolute Gasteiger partial charge is 0.493 e. The van der Waals surface area contributed by atoms with E-state index in [1.807, 2.05) is 13.0 Å². The predicted molar refractivity (Wildman–Crippen MR) is 108 cm³/mol. The number of hydrogen-bond donors (Lipinski definition) is 2. The molecule has 0 bridgehead atoms. The van der Waals surface area contributed by atoms with Crippen molar-refractivity contribution in [2.24, 2.45) is 4.99 Å². The summed E-state index contributed by atoms with van der Waals surface area (Å²) in [5.74, 6) is 1.68. The number of nitrogens with zero attached hydrogens (tertiary/aromatic N) is 1. The molecule has 0 radical (unpaired) electrons. The lowest BCUT2D eigenvalue weighted by atomic mass is 10.2. The highest BCUT2D eigenvalue weighted by molar-refractivity contribution is 14.0. The first-order chi connectivity index (χ1) is 10.9. The van der Waals surface area contributed by atoms with Crippen LogP contribution >= 0.6 is 35.6 Å². The summed E-state index contributed by atoms with van der Waals surface area (Å²) in [6, 6.07) is 5.39. The average Bonchev–Trinajstić information content (AvgIpc) is 2.84. The third-order valence-electron chi connectivity index (χ3n) is 3.57. The smallest absolute Gasteiger partial charge is 0.191 e. The number of benzene rings is 1. The summed E-state index contributed by atoms with van der Waals surface area (Å²) in [6.45, 7) is 2.98. The maximum atomic E-state index is 11.5. The van der Waals surface area contributed by atoms with Gasteiger partial charge in [-0.1, -0.05) is 17.7 Å². The van der Waals surface area contributed by atoms with Gasteiger partial charge in [0.15, 0.2) is 15.8 Å². The van der Waals surface area contributed by atoms with E-state index >= 15 is 0 Å². The maximum Gasteiger partial charge on any atom is 0.191 e. The van der Waals surface area contributed by atoms with Gasteiger partial charge in [0.05, 0.1) is 18.1 Å². The Morgan fingerprint density at radius 2 is 2.21 bits per heavy atom. The van der Waals surface area contributed by atoms with Gasteiger partial charge in [-0.3, -0.25) is 4.99 Å².